The largest absolute Gasteiger partial charge is 0.481 e. The molecule has 0 bridgehead atoms. The van der Waals surface area contributed by atoms with E-state index in [1.165, 1.54) is 0 Å². The molecule has 1 aliphatic carbocycles. The summed E-state index contributed by atoms with van der Waals surface area (Å²) in [6.07, 6.45) is 0. The number of nitrogens with zero attached hydrogens (tertiary/aromatic N) is 1. The predicted octanol–water partition coefficient (Wildman–Crippen LogP) is 1.54. The molecule has 3 nitrogen and oxygen atoms in total. The lowest BCUT2D eigenvalue weighted by Crippen LogP contribution is -2.06. The molecule has 0 aliphatic heterocycles. The van der Waals surface area contributed by atoms with Crippen LogP contribution < -0.4 is 10.5 Å². The zero-order valence-electron chi connectivity index (χ0n) is 8.82. The van der Waals surface area contributed by atoms with Crippen LogP contribution in [0.5, 0.6) is 5.88 Å². The highest BCUT2D eigenvalue weighted by atomic mass is 16.5. The van der Waals surface area contributed by atoms with Gasteiger partial charge in [0.05, 0.1) is 7.11 Å². The minimum Gasteiger partial charge on any atom is -0.481 e. The molecule has 0 amide bonds. The SMILES string of the molecule is COc1cccc(C2C(N)C2(C)C)n1. The maximum Gasteiger partial charge on any atom is 0.213 e. The second kappa shape index (κ2) is 2.95. The molecule has 3 heteroatoms. The van der Waals surface area contributed by atoms with Gasteiger partial charge in [0, 0.05) is 23.7 Å². The van der Waals surface area contributed by atoms with Crippen molar-refractivity contribution in [2.24, 2.45) is 11.1 Å². The Bertz CT molecular complexity index is 349. The first-order chi connectivity index (χ1) is 6.57. The van der Waals surface area contributed by atoms with Crippen LogP contribution in [0.25, 0.3) is 0 Å². The Morgan fingerprint density at radius 2 is 2.07 bits per heavy atom. The molecule has 0 aromatic carbocycles. The molecule has 14 heavy (non-hydrogen) atoms. The van der Waals surface area contributed by atoms with Crippen molar-refractivity contribution >= 4 is 0 Å². The Morgan fingerprint density at radius 1 is 1.43 bits per heavy atom. The lowest BCUT2D eigenvalue weighted by Gasteiger charge is -2.03. The highest BCUT2D eigenvalue weighted by molar-refractivity contribution is 5.31. The van der Waals surface area contributed by atoms with E-state index < -0.39 is 0 Å². The van der Waals surface area contributed by atoms with E-state index in [1.54, 1.807) is 7.11 Å². The van der Waals surface area contributed by atoms with Gasteiger partial charge in [-0.25, -0.2) is 4.98 Å². The Balaban J connectivity index is 2.26. The molecule has 76 valence electrons. The van der Waals surface area contributed by atoms with Crippen LogP contribution in [-0.2, 0) is 0 Å². The van der Waals surface area contributed by atoms with E-state index in [4.69, 9.17) is 10.5 Å². The quantitative estimate of drug-likeness (QED) is 0.773. The van der Waals surface area contributed by atoms with Crippen molar-refractivity contribution in [1.29, 1.82) is 0 Å². The van der Waals surface area contributed by atoms with Gasteiger partial charge in [0.2, 0.25) is 5.88 Å². The fraction of sp³-hybridized carbons (Fsp3) is 0.545. The molecule has 0 spiro atoms. The monoisotopic (exact) mass is 192 g/mol. The first kappa shape index (κ1) is 9.46. The zero-order chi connectivity index (χ0) is 10.3. The lowest BCUT2D eigenvalue weighted by atomic mass is 10.1. The summed E-state index contributed by atoms with van der Waals surface area (Å²) in [5.74, 6) is 1.04. The van der Waals surface area contributed by atoms with Gasteiger partial charge >= 0.3 is 0 Å². The third-order valence-electron chi connectivity index (χ3n) is 3.18. The van der Waals surface area contributed by atoms with Crippen molar-refractivity contribution in [3.8, 4) is 5.88 Å². The van der Waals surface area contributed by atoms with Gasteiger partial charge in [-0.3, -0.25) is 0 Å². The Hall–Kier alpha value is -1.09. The second-order valence-electron chi connectivity index (χ2n) is 4.43. The average molecular weight is 192 g/mol. The topological polar surface area (TPSA) is 48.1 Å². The number of methoxy groups -OCH3 is 1. The smallest absolute Gasteiger partial charge is 0.213 e. The molecule has 1 aromatic rings. The average Bonchev–Trinajstić information content (AvgIpc) is 2.66. The summed E-state index contributed by atoms with van der Waals surface area (Å²) in [4.78, 5) is 4.40. The van der Waals surface area contributed by atoms with Gasteiger partial charge in [-0.1, -0.05) is 19.9 Å². The van der Waals surface area contributed by atoms with E-state index in [2.05, 4.69) is 18.8 Å². The van der Waals surface area contributed by atoms with Gasteiger partial charge < -0.3 is 10.5 Å². The van der Waals surface area contributed by atoms with Crippen LogP contribution >= 0.6 is 0 Å². The molecule has 2 N–H and O–H groups in total. The van der Waals surface area contributed by atoms with E-state index in [0.717, 1.165) is 5.69 Å². The maximum absolute atomic E-state index is 5.99. The first-order valence-corrected chi connectivity index (χ1v) is 4.84. The zero-order valence-corrected chi connectivity index (χ0v) is 8.82. The van der Waals surface area contributed by atoms with E-state index in [9.17, 15) is 0 Å². The molecule has 2 atom stereocenters. The van der Waals surface area contributed by atoms with Crippen molar-refractivity contribution in [1.82, 2.24) is 4.98 Å². The fourth-order valence-corrected chi connectivity index (χ4v) is 1.96. The summed E-state index contributed by atoms with van der Waals surface area (Å²) >= 11 is 0. The maximum atomic E-state index is 5.99. The van der Waals surface area contributed by atoms with E-state index >= 15 is 0 Å². The number of ether oxygens (including phenoxy) is 1. The molecular weight excluding hydrogens is 176 g/mol. The summed E-state index contributed by atoms with van der Waals surface area (Å²) in [5, 5.41) is 0. The van der Waals surface area contributed by atoms with Crippen LogP contribution in [0, 0.1) is 5.41 Å². The standard InChI is InChI=1S/C11H16N2O/c1-11(2)9(10(11)12)7-5-4-6-8(13-7)14-3/h4-6,9-10H,12H2,1-3H3. The third-order valence-corrected chi connectivity index (χ3v) is 3.18. The summed E-state index contributed by atoms with van der Waals surface area (Å²) < 4.78 is 5.08. The van der Waals surface area contributed by atoms with Crippen molar-refractivity contribution in [3.63, 3.8) is 0 Å². The fourth-order valence-electron chi connectivity index (χ4n) is 1.96. The summed E-state index contributed by atoms with van der Waals surface area (Å²) in [5.41, 5.74) is 7.21. The van der Waals surface area contributed by atoms with Crippen molar-refractivity contribution in [3.05, 3.63) is 23.9 Å². The second-order valence-corrected chi connectivity index (χ2v) is 4.43. The molecule has 2 unspecified atom stereocenters. The molecule has 0 radical (unpaired) electrons. The number of pyridine rings is 1. The van der Waals surface area contributed by atoms with E-state index in [-0.39, 0.29) is 11.5 Å². The van der Waals surface area contributed by atoms with Crippen LogP contribution in [0.1, 0.15) is 25.5 Å². The van der Waals surface area contributed by atoms with Gasteiger partial charge in [0.1, 0.15) is 0 Å². The molecule has 1 aliphatic rings. The molecule has 0 saturated heterocycles. The number of hydrogen-bond donors (Lipinski definition) is 1. The van der Waals surface area contributed by atoms with Crippen molar-refractivity contribution < 1.29 is 4.74 Å². The van der Waals surface area contributed by atoms with Crippen LogP contribution in [0.4, 0.5) is 0 Å². The van der Waals surface area contributed by atoms with Crippen molar-refractivity contribution in [2.45, 2.75) is 25.8 Å². The molecule has 1 heterocycles. The molecule has 1 saturated carbocycles. The number of rotatable bonds is 2. The normalized spacial score (nSPS) is 28.6. The Morgan fingerprint density at radius 3 is 2.57 bits per heavy atom. The van der Waals surface area contributed by atoms with Gasteiger partial charge in [-0.15, -0.1) is 0 Å². The first-order valence-electron chi connectivity index (χ1n) is 4.84. The predicted molar refractivity (Wildman–Crippen MR) is 55.3 cm³/mol. The van der Waals surface area contributed by atoms with Gasteiger partial charge in [0.15, 0.2) is 0 Å². The minimum absolute atomic E-state index is 0.180. The molecule has 2 rings (SSSR count). The Kier molecular flexibility index (Phi) is 2.00. The summed E-state index contributed by atoms with van der Waals surface area (Å²) in [6.45, 7) is 4.34. The third kappa shape index (κ3) is 1.28. The van der Waals surface area contributed by atoms with Crippen LogP contribution in [-0.4, -0.2) is 18.1 Å². The number of nitrogens with two attached hydrogens (primary N) is 1. The Labute approximate surface area is 84.3 Å². The molecule has 1 fully saturated rings. The molecular formula is C11H16N2O. The van der Waals surface area contributed by atoms with Crippen LogP contribution in [0.15, 0.2) is 18.2 Å². The van der Waals surface area contributed by atoms with E-state index in [1.807, 2.05) is 18.2 Å². The van der Waals surface area contributed by atoms with Crippen LogP contribution in [0.2, 0.25) is 0 Å². The number of aromatic nitrogens is 1. The van der Waals surface area contributed by atoms with Gasteiger partial charge in [-0.2, -0.15) is 0 Å². The number of hydrogen-bond acceptors (Lipinski definition) is 3. The van der Waals surface area contributed by atoms with Gasteiger partial charge in [-0.05, 0) is 11.5 Å². The van der Waals surface area contributed by atoms with Gasteiger partial charge in [0.25, 0.3) is 0 Å². The minimum atomic E-state index is 0.180. The molecule has 1 aromatic heterocycles. The van der Waals surface area contributed by atoms with Crippen LogP contribution in [0.3, 0.4) is 0 Å². The highest BCUT2D eigenvalue weighted by Crippen LogP contribution is 2.56. The summed E-state index contributed by atoms with van der Waals surface area (Å²) in [7, 11) is 1.63. The highest BCUT2D eigenvalue weighted by Gasteiger charge is 2.57. The lowest BCUT2D eigenvalue weighted by molar-refractivity contribution is 0.395. The van der Waals surface area contributed by atoms with Crippen molar-refractivity contribution in [2.75, 3.05) is 7.11 Å². The summed E-state index contributed by atoms with van der Waals surface area (Å²) in [6, 6.07) is 6.05. The van der Waals surface area contributed by atoms with E-state index in [0.29, 0.717) is 11.8 Å².